The molecule has 2 nitrogen and oxygen atoms in total. The van der Waals surface area contributed by atoms with Gasteiger partial charge in [0.1, 0.15) is 0 Å². The van der Waals surface area contributed by atoms with Crippen LogP contribution >= 0.6 is 0 Å². The predicted molar refractivity (Wildman–Crippen MR) is 73.4 cm³/mol. The molecule has 1 unspecified atom stereocenters. The highest BCUT2D eigenvalue weighted by Gasteiger charge is 2.28. The zero-order chi connectivity index (χ0) is 11.9. The summed E-state index contributed by atoms with van der Waals surface area (Å²) in [6, 6.07) is 0. The number of allylic oxidation sites excluding steroid dienone is 1. The minimum atomic E-state index is -1.39. The number of hydrogen-bond donors (Lipinski definition) is 0. The molecule has 0 amide bonds. The molecule has 17 heavy (non-hydrogen) atoms. The Labute approximate surface area is 107 Å². The third-order valence-electron chi connectivity index (χ3n) is 4.03. The van der Waals surface area contributed by atoms with E-state index in [0.29, 0.717) is 0 Å². The molecule has 1 atom stereocenters. The minimum absolute atomic E-state index is 0.770. The largest absolute Gasteiger partial charge is 0.397 e. The van der Waals surface area contributed by atoms with E-state index in [-0.39, 0.29) is 0 Å². The van der Waals surface area contributed by atoms with Gasteiger partial charge in [-0.3, -0.25) is 0 Å². The van der Waals surface area contributed by atoms with Crippen LogP contribution in [-0.4, -0.2) is 22.5 Å². The predicted octanol–water partition coefficient (Wildman–Crippen LogP) is 3.56. The van der Waals surface area contributed by atoms with Crippen molar-refractivity contribution in [2.75, 3.05) is 13.2 Å². The zero-order valence-electron chi connectivity index (χ0n) is 11.1. The summed E-state index contributed by atoms with van der Waals surface area (Å²) in [5.41, 5.74) is 0.770. The van der Waals surface area contributed by atoms with Crippen LogP contribution in [0.4, 0.5) is 0 Å². The van der Waals surface area contributed by atoms with E-state index in [9.17, 15) is 0 Å². The van der Waals surface area contributed by atoms with Gasteiger partial charge in [-0.15, -0.1) is 0 Å². The van der Waals surface area contributed by atoms with Crippen molar-refractivity contribution >= 4 is 9.28 Å². The highest BCUT2D eigenvalue weighted by molar-refractivity contribution is 6.46. The van der Waals surface area contributed by atoms with Crippen LogP contribution in [0, 0.1) is 5.92 Å². The Hall–Kier alpha value is -0.123. The first kappa shape index (κ1) is 13.3. The van der Waals surface area contributed by atoms with Gasteiger partial charge in [0.25, 0.3) is 0 Å². The molecule has 0 aliphatic heterocycles. The second kappa shape index (κ2) is 7.34. The van der Waals surface area contributed by atoms with Gasteiger partial charge in [0.15, 0.2) is 0 Å². The summed E-state index contributed by atoms with van der Waals surface area (Å²) >= 11 is 0. The normalized spacial score (nSPS) is 24.3. The van der Waals surface area contributed by atoms with Crippen molar-refractivity contribution in [3.05, 3.63) is 12.2 Å². The summed E-state index contributed by atoms with van der Waals surface area (Å²) in [7, 11) is -1.39. The molecule has 0 aromatic heterocycles. The molecule has 0 radical (unpaired) electrons. The molecule has 2 aliphatic rings. The van der Waals surface area contributed by atoms with Gasteiger partial charge in [-0.1, -0.05) is 31.4 Å². The molecule has 0 heterocycles. The van der Waals surface area contributed by atoms with E-state index in [4.69, 9.17) is 8.85 Å². The maximum atomic E-state index is 6.02. The standard InChI is InChI=1S/C14H26O2Si/c1-2-15-17(14-10-3-4-11-14)16-12-6-9-13-7-5-8-13/h6,9,13-14,17H,2-5,7-8,10-12H2,1H3. The lowest BCUT2D eigenvalue weighted by atomic mass is 9.85. The Morgan fingerprint density at radius 1 is 1.06 bits per heavy atom. The summed E-state index contributed by atoms with van der Waals surface area (Å²) < 4.78 is 11.9. The van der Waals surface area contributed by atoms with Gasteiger partial charge in [-0.2, -0.15) is 0 Å². The lowest BCUT2D eigenvalue weighted by Gasteiger charge is -2.22. The van der Waals surface area contributed by atoms with Crippen LogP contribution in [-0.2, 0) is 8.85 Å². The van der Waals surface area contributed by atoms with Crippen LogP contribution in [0.15, 0.2) is 12.2 Å². The summed E-state index contributed by atoms with van der Waals surface area (Å²) in [5, 5.41) is 0. The Balaban J connectivity index is 1.66. The van der Waals surface area contributed by atoms with Crippen molar-refractivity contribution in [2.45, 2.75) is 57.4 Å². The summed E-state index contributed by atoms with van der Waals surface area (Å²) in [6.07, 6.45) is 14.2. The van der Waals surface area contributed by atoms with Gasteiger partial charge in [-0.05, 0) is 44.1 Å². The molecule has 2 rings (SSSR count). The van der Waals surface area contributed by atoms with E-state index in [1.54, 1.807) is 0 Å². The Morgan fingerprint density at radius 3 is 2.41 bits per heavy atom. The second-order valence-electron chi connectivity index (χ2n) is 5.32. The molecular weight excluding hydrogens is 228 g/mol. The molecule has 2 fully saturated rings. The highest BCUT2D eigenvalue weighted by atomic mass is 28.3. The Morgan fingerprint density at radius 2 is 1.82 bits per heavy atom. The minimum Gasteiger partial charge on any atom is -0.397 e. The second-order valence-corrected chi connectivity index (χ2v) is 7.67. The van der Waals surface area contributed by atoms with Gasteiger partial charge >= 0.3 is 9.28 Å². The van der Waals surface area contributed by atoms with E-state index in [2.05, 4.69) is 19.1 Å². The van der Waals surface area contributed by atoms with Crippen LogP contribution < -0.4 is 0 Å². The van der Waals surface area contributed by atoms with Crippen LogP contribution in [0.2, 0.25) is 5.54 Å². The summed E-state index contributed by atoms with van der Waals surface area (Å²) in [4.78, 5) is 0. The SMILES string of the molecule is CCO[SiH](OCC=CC1CCC1)C1CCCC1. The topological polar surface area (TPSA) is 18.5 Å². The molecule has 3 heteroatoms. The average molecular weight is 254 g/mol. The quantitative estimate of drug-likeness (QED) is 0.511. The highest BCUT2D eigenvalue weighted by Crippen LogP contribution is 2.33. The van der Waals surface area contributed by atoms with Gasteiger partial charge in [0, 0.05) is 6.61 Å². The first-order chi connectivity index (χ1) is 8.40. The van der Waals surface area contributed by atoms with Gasteiger partial charge < -0.3 is 8.85 Å². The molecule has 2 saturated carbocycles. The van der Waals surface area contributed by atoms with Crippen LogP contribution in [0.1, 0.15) is 51.9 Å². The van der Waals surface area contributed by atoms with Crippen LogP contribution in [0.3, 0.4) is 0 Å². The molecule has 0 aromatic rings. The fraction of sp³-hybridized carbons (Fsp3) is 0.857. The smallest absolute Gasteiger partial charge is 0.324 e. The molecule has 2 aliphatic carbocycles. The van der Waals surface area contributed by atoms with E-state index >= 15 is 0 Å². The third kappa shape index (κ3) is 4.23. The van der Waals surface area contributed by atoms with E-state index in [1.807, 2.05) is 0 Å². The van der Waals surface area contributed by atoms with E-state index in [1.165, 1.54) is 44.9 Å². The number of hydrogen-bond acceptors (Lipinski definition) is 2. The average Bonchev–Trinajstić information content (AvgIpc) is 2.78. The molecule has 0 spiro atoms. The lowest BCUT2D eigenvalue weighted by Crippen LogP contribution is -2.28. The first-order valence-electron chi connectivity index (χ1n) is 7.30. The monoisotopic (exact) mass is 254 g/mol. The Bertz CT molecular complexity index is 232. The molecule has 0 saturated heterocycles. The van der Waals surface area contributed by atoms with Crippen molar-refractivity contribution < 1.29 is 8.85 Å². The fourth-order valence-electron chi connectivity index (χ4n) is 2.74. The summed E-state index contributed by atoms with van der Waals surface area (Å²) in [6.45, 7) is 3.69. The van der Waals surface area contributed by atoms with Crippen molar-refractivity contribution in [3.63, 3.8) is 0 Å². The van der Waals surface area contributed by atoms with Crippen molar-refractivity contribution in [1.29, 1.82) is 0 Å². The molecule has 0 aromatic carbocycles. The molecule has 0 bridgehead atoms. The van der Waals surface area contributed by atoms with Gasteiger partial charge in [-0.25, -0.2) is 0 Å². The fourth-order valence-corrected chi connectivity index (χ4v) is 5.03. The number of rotatable bonds is 7. The maximum absolute atomic E-state index is 6.02. The van der Waals surface area contributed by atoms with Gasteiger partial charge in [0.2, 0.25) is 0 Å². The summed E-state index contributed by atoms with van der Waals surface area (Å²) in [5.74, 6) is 0.845. The van der Waals surface area contributed by atoms with Crippen molar-refractivity contribution in [3.8, 4) is 0 Å². The van der Waals surface area contributed by atoms with Crippen molar-refractivity contribution in [2.24, 2.45) is 5.92 Å². The van der Waals surface area contributed by atoms with Crippen LogP contribution in [0.25, 0.3) is 0 Å². The van der Waals surface area contributed by atoms with Crippen LogP contribution in [0.5, 0.6) is 0 Å². The third-order valence-corrected chi connectivity index (χ3v) is 6.65. The molecular formula is C14H26O2Si. The molecule has 98 valence electrons. The molecule has 0 N–H and O–H groups in total. The van der Waals surface area contributed by atoms with E-state index in [0.717, 1.165) is 24.7 Å². The lowest BCUT2D eigenvalue weighted by molar-refractivity contribution is 0.212. The maximum Gasteiger partial charge on any atom is 0.324 e. The van der Waals surface area contributed by atoms with E-state index < -0.39 is 9.28 Å². The van der Waals surface area contributed by atoms with Gasteiger partial charge in [0.05, 0.1) is 6.61 Å². The zero-order valence-corrected chi connectivity index (χ0v) is 12.2. The first-order valence-corrected chi connectivity index (χ1v) is 8.91. The van der Waals surface area contributed by atoms with Crippen molar-refractivity contribution in [1.82, 2.24) is 0 Å². The Kier molecular flexibility index (Phi) is 5.75.